The van der Waals surface area contributed by atoms with Gasteiger partial charge in [-0.3, -0.25) is 10.2 Å². The third-order valence-corrected chi connectivity index (χ3v) is 1.99. The number of nitrogens with one attached hydrogen (secondary N) is 2. The molecule has 0 radical (unpaired) electrons. The summed E-state index contributed by atoms with van der Waals surface area (Å²) in [5.74, 6) is -0.208. The van der Waals surface area contributed by atoms with Crippen molar-refractivity contribution in [3.05, 3.63) is 29.8 Å². The smallest absolute Gasteiger partial charge is 0.190 e. The number of hydrogen-bond donors (Lipinski definition) is 4. The van der Waals surface area contributed by atoms with E-state index in [1.807, 2.05) is 0 Å². The van der Waals surface area contributed by atoms with Gasteiger partial charge in [0.15, 0.2) is 11.7 Å². The number of carbonyl (C=O) groups excluding carboxylic acids is 1. The lowest BCUT2D eigenvalue weighted by Gasteiger charge is -2.09. The molecule has 0 fully saturated rings. The van der Waals surface area contributed by atoms with Crippen LogP contribution in [0.25, 0.3) is 0 Å². The Morgan fingerprint density at radius 1 is 1.40 bits per heavy atom. The average Bonchev–Trinajstić information content (AvgIpc) is 2.17. The summed E-state index contributed by atoms with van der Waals surface area (Å²) in [6, 6.07) is 6.32. The van der Waals surface area contributed by atoms with Gasteiger partial charge < -0.3 is 16.8 Å². The number of ketones is 1. The van der Waals surface area contributed by atoms with Crippen LogP contribution >= 0.6 is 0 Å². The third-order valence-electron chi connectivity index (χ3n) is 1.99. The van der Waals surface area contributed by atoms with Gasteiger partial charge in [-0.2, -0.15) is 0 Å². The van der Waals surface area contributed by atoms with Crippen LogP contribution in [0.4, 0.5) is 5.69 Å². The van der Waals surface area contributed by atoms with E-state index in [2.05, 4.69) is 5.32 Å². The minimum Gasteiger partial charge on any atom is -0.370 e. The standard InChI is InChI=1S/C10H14N4O/c1-6(15)9(11)7-2-4-8(5-3-7)14-10(12)13/h2-5,9H,11H2,1H3,(H4,12,13,14). The molecule has 15 heavy (non-hydrogen) atoms. The van der Waals surface area contributed by atoms with Crippen molar-refractivity contribution >= 4 is 17.4 Å². The molecule has 1 atom stereocenters. The van der Waals surface area contributed by atoms with E-state index in [0.717, 1.165) is 5.56 Å². The fourth-order valence-corrected chi connectivity index (χ4v) is 1.16. The van der Waals surface area contributed by atoms with Crippen LogP contribution in [-0.4, -0.2) is 11.7 Å². The van der Waals surface area contributed by atoms with Crippen LogP contribution in [0.3, 0.4) is 0 Å². The zero-order chi connectivity index (χ0) is 11.4. The van der Waals surface area contributed by atoms with E-state index in [1.54, 1.807) is 24.3 Å². The first-order valence-electron chi connectivity index (χ1n) is 4.47. The van der Waals surface area contributed by atoms with E-state index in [-0.39, 0.29) is 11.7 Å². The molecule has 1 rings (SSSR count). The SMILES string of the molecule is CC(=O)C(N)c1ccc(NC(=N)N)cc1. The molecule has 0 saturated heterocycles. The van der Waals surface area contributed by atoms with Crippen LogP contribution in [0.15, 0.2) is 24.3 Å². The lowest BCUT2D eigenvalue weighted by molar-refractivity contribution is -0.118. The molecule has 1 aromatic rings. The summed E-state index contributed by atoms with van der Waals surface area (Å²) in [5, 5.41) is 9.66. The highest BCUT2D eigenvalue weighted by molar-refractivity contribution is 5.89. The van der Waals surface area contributed by atoms with Gasteiger partial charge in [0.2, 0.25) is 0 Å². The highest BCUT2D eigenvalue weighted by Gasteiger charge is 2.10. The Balaban J connectivity index is 2.80. The molecule has 6 N–H and O–H groups in total. The fourth-order valence-electron chi connectivity index (χ4n) is 1.16. The number of hydrogen-bond acceptors (Lipinski definition) is 3. The highest BCUT2D eigenvalue weighted by Crippen LogP contribution is 2.14. The summed E-state index contributed by atoms with van der Waals surface area (Å²) in [4.78, 5) is 11.0. The van der Waals surface area contributed by atoms with Gasteiger partial charge in [-0.25, -0.2) is 0 Å². The van der Waals surface area contributed by atoms with Crippen LogP contribution < -0.4 is 16.8 Å². The monoisotopic (exact) mass is 206 g/mol. The van der Waals surface area contributed by atoms with Crippen molar-refractivity contribution < 1.29 is 4.79 Å². The third kappa shape index (κ3) is 3.07. The second-order valence-electron chi connectivity index (χ2n) is 3.25. The number of rotatable bonds is 3. The van der Waals surface area contributed by atoms with Gasteiger partial charge in [0.1, 0.15) is 0 Å². The predicted molar refractivity (Wildman–Crippen MR) is 59.6 cm³/mol. The Morgan fingerprint density at radius 3 is 2.33 bits per heavy atom. The maximum atomic E-state index is 11.0. The minimum absolute atomic E-state index is 0.0812. The van der Waals surface area contributed by atoms with Crippen LogP contribution in [0.1, 0.15) is 18.5 Å². The maximum absolute atomic E-state index is 11.0. The number of anilines is 1. The van der Waals surface area contributed by atoms with E-state index < -0.39 is 6.04 Å². The molecule has 5 heteroatoms. The van der Waals surface area contributed by atoms with Gasteiger partial charge in [0.25, 0.3) is 0 Å². The molecule has 0 spiro atoms. The number of nitrogens with two attached hydrogens (primary N) is 2. The van der Waals surface area contributed by atoms with Crippen LogP contribution in [0.5, 0.6) is 0 Å². The van der Waals surface area contributed by atoms with Crippen LogP contribution in [0, 0.1) is 5.41 Å². The normalized spacial score (nSPS) is 11.9. The van der Waals surface area contributed by atoms with Crippen molar-refractivity contribution in [2.45, 2.75) is 13.0 Å². The molecule has 80 valence electrons. The molecule has 5 nitrogen and oxygen atoms in total. The second kappa shape index (κ2) is 4.56. The lowest BCUT2D eigenvalue weighted by atomic mass is 10.0. The van der Waals surface area contributed by atoms with Crippen molar-refractivity contribution in [3.63, 3.8) is 0 Å². The molecular formula is C10H14N4O. The number of benzene rings is 1. The number of guanidine groups is 1. The summed E-state index contributed by atoms with van der Waals surface area (Å²) in [5.41, 5.74) is 12.3. The second-order valence-corrected chi connectivity index (χ2v) is 3.25. The first-order valence-corrected chi connectivity index (χ1v) is 4.47. The van der Waals surface area contributed by atoms with Gasteiger partial charge in [0, 0.05) is 5.69 Å². The van der Waals surface area contributed by atoms with Crippen molar-refractivity contribution in [1.29, 1.82) is 5.41 Å². The van der Waals surface area contributed by atoms with E-state index in [9.17, 15) is 4.79 Å². The number of carbonyl (C=O) groups is 1. The van der Waals surface area contributed by atoms with Crippen molar-refractivity contribution in [2.24, 2.45) is 11.5 Å². The fraction of sp³-hybridized carbons (Fsp3) is 0.200. The van der Waals surface area contributed by atoms with Crippen LogP contribution in [0.2, 0.25) is 0 Å². The average molecular weight is 206 g/mol. The summed E-state index contributed by atoms with van der Waals surface area (Å²) in [7, 11) is 0. The molecule has 0 amide bonds. The Morgan fingerprint density at radius 2 is 1.93 bits per heavy atom. The van der Waals surface area contributed by atoms with Crippen molar-refractivity contribution in [2.75, 3.05) is 5.32 Å². The first-order chi connectivity index (χ1) is 7.00. The first kappa shape index (κ1) is 11.2. The zero-order valence-corrected chi connectivity index (χ0v) is 8.45. The van der Waals surface area contributed by atoms with Gasteiger partial charge in [-0.15, -0.1) is 0 Å². The summed E-state index contributed by atoms with van der Waals surface area (Å²) in [6.07, 6.45) is 0. The van der Waals surface area contributed by atoms with Gasteiger partial charge in [-0.1, -0.05) is 12.1 Å². The van der Waals surface area contributed by atoms with E-state index in [1.165, 1.54) is 6.92 Å². The molecule has 1 aromatic carbocycles. The largest absolute Gasteiger partial charge is 0.370 e. The Hall–Kier alpha value is -1.88. The maximum Gasteiger partial charge on any atom is 0.190 e. The van der Waals surface area contributed by atoms with Gasteiger partial charge in [0.05, 0.1) is 6.04 Å². The number of Topliss-reactive ketones (excluding diaryl/α,β-unsaturated/α-hetero) is 1. The van der Waals surface area contributed by atoms with E-state index >= 15 is 0 Å². The van der Waals surface area contributed by atoms with E-state index in [0.29, 0.717) is 5.69 Å². The Kier molecular flexibility index (Phi) is 3.41. The molecule has 1 unspecified atom stereocenters. The summed E-state index contributed by atoms with van der Waals surface area (Å²) >= 11 is 0. The predicted octanol–water partition coefficient (Wildman–Crippen LogP) is 0.581. The van der Waals surface area contributed by atoms with E-state index in [4.69, 9.17) is 16.9 Å². The van der Waals surface area contributed by atoms with Gasteiger partial charge in [-0.05, 0) is 24.6 Å². The van der Waals surface area contributed by atoms with Crippen LogP contribution in [-0.2, 0) is 4.79 Å². The molecule has 0 aliphatic carbocycles. The van der Waals surface area contributed by atoms with Gasteiger partial charge >= 0.3 is 0 Å². The van der Waals surface area contributed by atoms with Crippen molar-refractivity contribution in [3.8, 4) is 0 Å². The summed E-state index contributed by atoms with van der Waals surface area (Å²) < 4.78 is 0. The highest BCUT2D eigenvalue weighted by atomic mass is 16.1. The lowest BCUT2D eigenvalue weighted by Crippen LogP contribution is -2.21. The Bertz CT molecular complexity index is 372. The molecule has 0 aromatic heterocycles. The Labute approximate surface area is 88.0 Å². The molecule has 0 bridgehead atoms. The molecule has 0 aliphatic heterocycles. The zero-order valence-electron chi connectivity index (χ0n) is 8.45. The van der Waals surface area contributed by atoms with Crippen molar-refractivity contribution in [1.82, 2.24) is 0 Å². The molecule has 0 aliphatic rings. The molecule has 0 heterocycles. The molecule has 0 saturated carbocycles. The minimum atomic E-state index is -0.587. The summed E-state index contributed by atoms with van der Waals surface area (Å²) in [6.45, 7) is 1.45. The quantitative estimate of drug-likeness (QED) is 0.429. The topological polar surface area (TPSA) is 105 Å². The molecular weight excluding hydrogens is 192 g/mol.